The van der Waals surface area contributed by atoms with Gasteiger partial charge in [-0.3, -0.25) is 9.59 Å². The molecule has 0 spiro atoms. The van der Waals surface area contributed by atoms with Crippen LogP contribution in [0.25, 0.3) is 0 Å². The molecule has 8 nitrogen and oxygen atoms in total. The lowest BCUT2D eigenvalue weighted by molar-refractivity contribution is -0.147. The number of halogens is 1. The van der Waals surface area contributed by atoms with E-state index in [0.717, 1.165) is 12.8 Å². The van der Waals surface area contributed by atoms with Gasteiger partial charge < -0.3 is 14.8 Å². The van der Waals surface area contributed by atoms with Crippen LogP contribution in [0.15, 0.2) is 47.4 Å². The van der Waals surface area contributed by atoms with Gasteiger partial charge in [-0.2, -0.15) is 0 Å². The molecule has 0 aromatic heterocycles. The Balaban J connectivity index is 1.89. The van der Waals surface area contributed by atoms with E-state index in [0.29, 0.717) is 10.6 Å². The van der Waals surface area contributed by atoms with Crippen LogP contribution in [0.2, 0.25) is 5.02 Å². The van der Waals surface area contributed by atoms with Gasteiger partial charge in [0.1, 0.15) is 10.6 Å². The first kappa shape index (κ1) is 25.0. The second kappa shape index (κ2) is 10.5. The van der Waals surface area contributed by atoms with E-state index >= 15 is 0 Å². The van der Waals surface area contributed by atoms with Crippen LogP contribution < -0.4 is 14.8 Å². The number of amides is 1. The van der Waals surface area contributed by atoms with Crippen molar-refractivity contribution in [2.24, 2.45) is 0 Å². The predicted molar refractivity (Wildman–Crippen MR) is 124 cm³/mol. The zero-order chi connectivity index (χ0) is 24.2. The number of methoxy groups -OCH3 is 1. The SMILES string of the molecule is COc1ccc(C(=O)N[C@@H](CC(=O)OC(C)C)c2ccccc2Cl)cc1S(=O)(=O)NC1CC1. The molecular formula is C23H27ClN2O6S. The van der Waals surface area contributed by atoms with Crippen molar-refractivity contribution in [3.05, 3.63) is 58.6 Å². The molecule has 0 heterocycles. The molecule has 0 aliphatic heterocycles. The molecule has 0 bridgehead atoms. The van der Waals surface area contributed by atoms with Crippen LogP contribution in [0.5, 0.6) is 5.75 Å². The fourth-order valence-corrected chi connectivity index (χ4v) is 5.00. The van der Waals surface area contributed by atoms with Crippen molar-refractivity contribution >= 4 is 33.5 Å². The van der Waals surface area contributed by atoms with E-state index in [1.807, 2.05) is 0 Å². The number of benzene rings is 2. The van der Waals surface area contributed by atoms with Crippen LogP contribution in [-0.4, -0.2) is 39.5 Å². The van der Waals surface area contributed by atoms with E-state index < -0.39 is 27.9 Å². The largest absolute Gasteiger partial charge is 0.495 e. The van der Waals surface area contributed by atoms with Crippen molar-refractivity contribution in [2.75, 3.05) is 7.11 Å². The Hall–Kier alpha value is -2.62. The summed E-state index contributed by atoms with van der Waals surface area (Å²) in [5.41, 5.74) is 0.645. The van der Waals surface area contributed by atoms with Crippen LogP contribution in [0.1, 0.15) is 55.1 Å². The van der Waals surface area contributed by atoms with Crippen molar-refractivity contribution in [1.82, 2.24) is 10.0 Å². The van der Waals surface area contributed by atoms with Gasteiger partial charge in [0.25, 0.3) is 5.91 Å². The van der Waals surface area contributed by atoms with Crippen LogP contribution in [-0.2, 0) is 19.6 Å². The number of carbonyl (C=O) groups is 2. The number of esters is 1. The van der Waals surface area contributed by atoms with Gasteiger partial charge in [0.05, 0.1) is 25.7 Å². The fourth-order valence-electron chi connectivity index (χ4n) is 3.23. The maximum absolute atomic E-state index is 13.1. The summed E-state index contributed by atoms with van der Waals surface area (Å²) in [6.07, 6.45) is 1.09. The Kier molecular flexibility index (Phi) is 7.99. The molecule has 1 saturated carbocycles. The molecule has 0 saturated heterocycles. The third kappa shape index (κ3) is 6.69. The van der Waals surface area contributed by atoms with Crippen LogP contribution in [0, 0.1) is 0 Å². The molecule has 1 atom stereocenters. The molecule has 2 aromatic carbocycles. The molecule has 1 amide bonds. The van der Waals surface area contributed by atoms with Crippen molar-refractivity contribution in [2.45, 2.75) is 56.2 Å². The number of rotatable bonds is 10. The smallest absolute Gasteiger partial charge is 0.308 e. The van der Waals surface area contributed by atoms with E-state index in [2.05, 4.69) is 10.0 Å². The monoisotopic (exact) mass is 494 g/mol. The Labute approximate surface area is 198 Å². The normalized spacial score (nSPS) is 14.6. The van der Waals surface area contributed by atoms with Crippen molar-refractivity contribution in [1.29, 1.82) is 0 Å². The number of carbonyl (C=O) groups excluding carboxylic acids is 2. The van der Waals surface area contributed by atoms with Gasteiger partial charge in [0.2, 0.25) is 10.0 Å². The molecule has 1 aliphatic carbocycles. The minimum atomic E-state index is -3.87. The maximum Gasteiger partial charge on any atom is 0.308 e. The number of hydrogen-bond acceptors (Lipinski definition) is 6. The summed E-state index contributed by atoms with van der Waals surface area (Å²) in [7, 11) is -2.51. The average Bonchev–Trinajstić information content (AvgIpc) is 3.55. The third-order valence-electron chi connectivity index (χ3n) is 4.94. The molecule has 178 valence electrons. The van der Waals surface area contributed by atoms with Gasteiger partial charge in [0, 0.05) is 16.6 Å². The highest BCUT2D eigenvalue weighted by Crippen LogP contribution is 2.30. The van der Waals surface area contributed by atoms with Crippen LogP contribution >= 0.6 is 11.6 Å². The van der Waals surface area contributed by atoms with Gasteiger partial charge in [-0.05, 0) is 56.5 Å². The summed E-state index contributed by atoms with van der Waals surface area (Å²) >= 11 is 6.31. The van der Waals surface area contributed by atoms with Crippen LogP contribution in [0.3, 0.4) is 0 Å². The molecule has 3 rings (SSSR count). The Morgan fingerprint density at radius 3 is 2.45 bits per heavy atom. The zero-order valence-corrected chi connectivity index (χ0v) is 20.2. The number of sulfonamides is 1. The highest BCUT2D eigenvalue weighted by atomic mass is 35.5. The highest BCUT2D eigenvalue weighted by Gasteiger charge is 2.31. The molecule has 0 unspecified atom stereocenters. The molecule has 2 N–H and O–H groups in total. The van der Waals surface area contributed by atoms with Gasteiger partial charge in [-0.25, -0.2) is 13.1 Å². The lowest BCUT2D eigenvalue weighted by Crippen LogP contribution is -2.32. The molecule has 1 aliphatic rings. The molecule has 10 heteroatoms. The van der Waals surface area contributed by atoms with E-state index in [-0.39, 0.29) is 34.8 Å². The Morgan fingerprint density at radius 1 is 1.15 bits per heavy atom. The van der Waals surface area contributed by atoms with Gasteiger partial charge in [-0.15, -0.1) is 0 Å². The first-order chi connectivity index (χ1) is 15.6. The summed E-state index contributed by atoms with van der Waals surface area (Å²) in [5.74, 6) is -0.937. The predicted octanol–water partition coefficient (Wildman–Crippen LogP) is 3.60. The first-order valence-corrected chi connectivity index (χ1v) is 12.4. The van der Waals surface area contributed by atoms with Gasteiger partial charge >= 0.3 is 5.97 Å². The quantitative estimate of drug-likeness (QED) is 0.488. The van der Waals surface area contributed by atoms with E-state index in [1.165, 1.54) is 25.3 Å². The molecule has 2 aromatic rings. The number of ether oxygens (including phenoxy) is 2. The third-order valence-corrected chi connectivity index (χ3v) is 6.82. The summed E-state index contributed by atoms with van der Waals surface area (Å²) in [6, 6.07) is 10.1. The second-order valence-electron chi connectivity index (χ2n) is 8.05. The lowest BCUT2D eigenvalue weighted by atomic mass is 10.0. The highest BCUT2D eigenvalue weighted by molar-refractivity contribution is 7.89. The summed E-state index contributed by atoms with van der Waals surface area (Å²) < 4.78 is 38.6. The van der Waals surface area contributed by atoms with Crippen molar-refractivity contribution in [3.8, 4) is 5.75 Å². The van der Waals surface area contributed by atoms with Crippen molar-refractivity contribution < 1.29 is 27.5 Å². The van der Waals surface area contributed by atoms with E-state index in [4.69, 9.17) is 21.1 Å². The maximum atomic E-state index is 13.1. The van der Waals surface area contributed by atoms with Gasteiger partial charge in [-0.1, -0.05) is 29.8 Å². The van der Waals surface area contributed by atoms with Crippen molar-refractivity contribution in [3.63, 3.8) is 0 Å². The Bertz CT molecular complexity index is 1130. The second-order valence-corrected chi connectivity index (χ2v) is 10.1. The topological polar surface area (TPSA) is 111 Å². The van der Waals surface area contributed by atoms with Crippen LogP contribution in [0.4, 0.5) is 0 Å². The van der Waals surface area contributed by atoms with Gasteiger partial charge in [0.15, 0.2) is 0 Å². The van der Waals surface area contributed by atoms with E-state index in [1.54, 1.807) is 38.1 Å². The van der Waals surface area contributed by atoms with E-state index in [9.17, 15) is 18.0 Å². The minimum Gasteiger partial charge on any atom is -0.495 e. The summed E-state index contributed by atoms with van der Waals surface area (Å²) in [5, 5.41) is 3.16. The first-order valence-electron chi connectivity index (χ1n) is 10.6. The molecule has 33 heavy (non-hydrogen) atoms. The number of hydrogen-bond donors (Lipinski definition) is 2. The zero-order valence-electron chi connectivity index (χ0n) is 18.6. The lowest BCUT2D eigenvalue weighted by Gasteiger charge is -2.21. The minimum absolute atomic E-state index is 0.0984. The number of nitrogens with one attached hydrogen (secondary N) is 2. The molecule has 0 radical (unpaired) electrons. The fraction of sp³-hybridized carbons (Fsp3) is 0.391. The summed E-state index contributed by atoms with van der Waals surface area (Å²) in [4.78, 5) is 25.3. The molecular weight excluding hydrogens is 468 g/mol. The average molecular weight is 495 g/mol. The Morgan fingerprint density at radius 2 is 1.85 bits per heavy atom. The molecule has 1 fully saturated rings. The standard InChI is InChI=1S/C23H27ClN2O6S/c1-14(2)32-22(27)13-19(17-6-4-5-7-18(17)24)25-23(28)15-8-11-20(31-3)21(12-15)33(29,30)26-16-9-10-16/h4-8,11-12,14,16,19,26H,9-10,13H2,1-3H3,(H,25,28)/t19-/m0/s1. The summed E-state index contributed by atoms with van der Waals surface area (Å²) in [6.45, 7) is 3.46.